The maximum atomic E-state index is 9.80. The van der Waals surface area contributed by atoms with E-state index in [-0.39, 0.29) is 6.10 Å². The van der Waals surface area contributed by atoms with Crippen molar-refractivity contribution in [1.29, 1.82) is 0 Å². The first-order valence-corrected chi connectivity index (χ1v) is 7.49. The first kappa shape index (κ1) is 14.3. The fourth-order valence-electron chi connectivity index (χ4n) is 2.60. The molecule has 1 unspecified atom stereocenters. The molecule has 2 fully saturated rings. The van der Waals surface area contributed by atoms with E-state index in [9.17, 15) is 5.11 Å². The molecule has 2 rings (SSSR count). The first-order valence-electron chi connectivity index (χ1n) is 7.49. The number of β-amino-alcohol motifs (C(OH)–C–C–N with tert-alkyl or cyclic N) is 1. The zero-order valence-corrected chi connectivity index (χ0v) is 11.6. The maximum Gasteiger partial charge on any atom is 0.0900 e. The lowest BCUT2D eigenvalue weighted by atomic mass is 9.96. The van der Waals surface area contributed by atoms with Gasteiger partial charge in [0.1, 0.15) is 0 Å². The van der Waals surface area contributed by atoms with Gasteiger partial charge in [-0.15, -0.1) is 0 Å². The quantitative estimate of drug-likeness (QED) is 0.676. The van der Waals surface area contributed by atoms with Crippen LogP contribution in [0, 0.1) is 5.92 Å². The van der Waals surface area contributed by atoms with Crippen molar-refractivity contribution in [3.63, 3.8) is 0 Å². The van der Waals surface area contributed by atoms with Crippen LogP contribution in [0.3, 0.4) is 0 Å². The van der Waals surface area contributed by atoms with Crippen molar-refractivity contribution in [2.75, 3.05) is 39.4 Å². The second-order valence-corrected chi connectivity index (χ2v) is 5.74. The van der Waals surface area contributed by atoms with Gasteiger partial charge in [0.25, 0.3) is 0 Å². The SMILES string of the molecule is CCOCC(O)CN1CCC(CNC2CC2)CC1. The molecule has 0 aromatic rings. The Bertz CT molecular complexity index is 226. The van der Waals surface area contributed by atoms with Crippen LogP contribution < -0.4 is 5.32 Å². The van der Waals surface area contributed by atoms with E-state index in [1.165, 1.54) is 32.2 Å². The average Bonchev–Trinajstić information content (AvgIpc) is 3.20. The summed E-state index contributed by atoms with van der Waals surface area (Å²) in [7, 11) is 0. The van der Waals surface area contributed by atoms with Crippen LogP contribution in [-0.4, -0.2) is 61.5 Å². The molecule has 4 nitrogen and oxygen atoms in total. The number of piperidine rings is 1. The monoisotopic (exact) mass is 256 g/mol. The van der Waals surface area contributed by atoms with Crippen LogP contribution in [0.5, 0.6) is 0 Å². The largest absolute Gasteiger partial charge is 0.389 e. The number of nitrogens with one attached hydrogen (secondary N) is 1. The summed E-state index contributed by atoms with van der Waals surface area (Å²) in [5.41, 5.74) is 0. The molecule has 2 N–H and O–H groups in total. The lowest BCUT2D eigenvalue weighted by Gasteiger charge is -2.33. The molecular formula is C14H28N2O2. The van der Waals surface area contributed by atoms with Crippen LogP contribution >= 0.6 is 0 Å². The van der Waals surface area contributed by atoms with Gasteiger partial charge >= 0.3 is 0 Å². The van der Waals surface area contributed by atoms with Gasteiger partial charge in [0, 0.05) is 19.2 Å². The van der Waals surface area contributed by atoms with E-state index >= 15 is 0 Å². The molecule has 0 aromatic heterocycles. The first-order chi connectivity index (χ1) is 8.78. The summed E-state index contributed by atoms with van der Waals surface area (Å²) in [5, 5.41) is 13.4. The fraction of sp³-hybridized carbons (Fsp3) is 1.00. The molecule has 1 aliphatic carbocycles. The smallest absolute Gasteiger partial charge is 0.0900 e. The number of rotatable bonds is 8. The average molecular weight is 256 g/mol. The number of aliphatic hydroxyl groups excluding tert-OH is 1. The van der Waals surface area contributed by atoms with Crippen LogP contribution in [0.25, 0.3) is 0 Å². The Labute approximate surface area is 111 Å². The highest BCUT2D eigenvalue weighted by molar-refractivity contribution is 4.83. The second kappa shape index (κ2) is 7.43. The van der Waals surface area contributed by atoms with Gasteiger partial charge in [-0.25, -0.2) is 0 Å². The molecule has 106 valence electrons. The van der Waals surface area contributed by atoms with Crippen molar-refractivity contribution in [2.45, 2.75) is 44.8 Å². The normalized spacial score (nSPS) is 24.3. The van der Waals surface area contributed by atoms with Gasteiger partial charge in [-0.1, -0.05) is 0 Å². The van der Waals surface area contributed by atoms with Crippen molar-refractivity contribution in [3.8, 4) is 0 Å². The Morgan fingerprint density at radius 2 is 2.00 bits per heavy atom. The molecule has 1 aliphatic heterocycles. The zero-order valence-electron chi connectivity index (χ0n) is 11.6. The van der Waals surface area contributed by atoms with Crippen molar-refractivity contribution in [3.05, 3.63) is 0 Å². The third-order valence-electron chi connectivity index (χ3n) is 3.96. The Hall–Kier alpha value is -0.160. The summed E-state index contributed by atoms with van der Waals surface area (Å²) >= 11 is 0. The lowest BCUT2D eigenvalue weighted by molar-refractivity contribution is 0.0147. The zero-order chi connectivity index (χ0) is 12.8. The Morgan fingerprint density at radius 3 is 2.61 bits per heavy atom. The molecule has 0 amide bonds. The highest BCUT2D eigenvalue weighted by atomic mass is 16.5. The summed E-state index contributed by atoms with van der Waals surface area (Å²) in [6.07, 6.45) is 4.96. The highest BCUT2D eigenvalue weighted by Gasteiger charge is 2.24. The highest BCUT2D eigenvalue weighted by Crippen LogP contribution is 2.21. The van der Waals surface area contributed by atoms with Gasteiger partial charge < -0.3 is 20.1 Å². The van der Waals surface area contributed by atoms with Crippen molar-refractivity contribution in [2.24, 2.45) is 5.92 Å². The van der Waals surface area contributed by atoms with E-state index in [0.717, 1.165) is 31.6 Å². The number of nitrogens with zero attached hydrogens (tertiary/aromatic N) is 1. The molecule has 1 heterocycles. The van der Waals surface area contributed by atoms with Gasteiger partial charge in [-0.05, 0) is 58.2 Å². The minimum Gasteiger partial charge on any atom is -0.389 e. The Kier molecular flexibility index (Phi) is 5.89. The number of ether oxygens (including phenoxy) is 1. The van der Waals surface area contributed by atoms with Crippen molar-refractivity contribution >= 4 is 0 Å². The minimum absolute atomic E-state index is 0.328. The summed E-state index contributed by atoms with van der Waals surface area (Å²) in [6.45, 7) is 7.33. The molecule has 0 bridgehead atoms. The molecule has 0 spiro atoms. The predicted molar refractivity (Wildman–Crippen MR) is 72.7 cm³/mol. The molecule has 1 saturated heterocycles. The maximum absolute atomic E-state index is 9.80. The van der Waals surface area contributed by atoms with E-state index in [1.54, 1.807) is 0 Å². The standard InChI is InChI=1S/C14H28N2O2/c1-2-18-11-14(17)10-16-7-5-12(6-8-16)9-15-13-3-4-13/h12-15,17H,2-11H2,1H3. The lowest BCUT2D eigenvalue weighted by Crippen LogP contribution is -2.42. The number of aliphatic hydroxyl groups is 1. The van der Waals surface area contributed by atoms with Crippen molar-refractivity contribution in [1.82, 2.24) is 10.2 Å². The van der Waals surface area contributed by atoms with Gasteiger partial charge in [0.2, 0.25) is 0 Å². The van der Waals surface area contributed by atoms with Crippen LogP contribution in [0.2, 0.25) is 0 Å². The van der Waals surface area contributed by atoms with Gasteiger partial charge in [0.05, 0.1) is 12.7 Å². The summed E-state index contributed by atoms with van der Waals surface area (Å²) < 4.78 is 5.24. The molecule has 1 atom stereocenters. The summed E-state index contributed by atoms with van der Waals surface area (Å²) in [6, 6.07) is 0.830. The molecular weight excluding hydrogens is 228 g/mol. The molecule has 0 aromatic carbocycles. The van der Waals surface area contributed by atoms with E-state index < -0.39 is 0 Å². The van der Waals surface area contributed by atoms with Gasteiger partial charge in [0.15, 0.2) is 0 Å². The number of hydrogen-bond donors (Lipinski definition) is 2. The topological polar surface area (TPSA) is 44.7 Å². The predicted octanol–water partition coefficient (Wildman–Crippen LogP) is 0.848. The van der Waals surface area contributed by atoms with Crippen LogP contribution in [-0.2, 0) is 4.74 Å². The summed E-state index contributed by atoms with van der Waals surface area (Å²) in [4.78, 5) is 2.37. The second-order valence-electron chi connectivity index (χ2n) is 5.74. The van der Waals surface area contributed by atoms with Gasteiger partial charge in [-0.3, -0.25) is 0 Å². The molecule has 2 aliphatic rings. The molecule has 0 radical (unpaired) electrons. The molecule has 1 saturated carbocycles. The van der Waals surface area contributed by atoms with E-state index in [4.69, 9.17) is 4.74 Å². The number of hydrogen-bond acceptors (Lipinski definition) is 4. The van der Waals surface area contributed by atoms with E-state index in [0.29, 0.717) is 13.2 Å². The van der Waals surface area contributed by atoms with E-state index in [1.807, 2.05) is 6.92 Å². The van der Waals surface area contributed by atoms with Crippen LogP contribution in [0.15, 0.2) is 0 Å². The fourth-order valence-corrected chi connectivity index (χ4v) is 2.60. The molecule has 4 heteroatoms. The third kappa shape index (κ3) is 5.22. The number of likely N-dealkylation sites (tertiary alicyclic amines) is 1. The third-order valence-corrected chi connectivity index (χ3v) is 3.96. The van der Waals surface area contributed by atoms with E-state index in [2.05, 4.69) is 10.2 Å². The Morgan fingerprint density at radius 1 is 1.28 bits per heavy atom. The van der Waals surface area contributed by atoms with Crippen LogP contribution in [0.4, 0.5) is 0 Å². The Balaban J connectivity index is 1.54. The van der Waals surface area contributed by atoms with Crippen LogP contribution in [0.1, 0.15) is 32.6 Å². The summed E-state index contributed by atoms with van der Waals surface area (Å²) in [5.74, 6) is 0.839. The van der Waals surface area contributed by atoms with Crippen molar-refractivity contribution < 1.29 is 9.84 Å². The molecule has 18 heavy (non-hydrogen) atoms. The van der Waals surface area contributed by atoms with Gasteiger partial charge in [-0.2, -0.15) is 0 Å². The minimum atomic E-state index is -0.328.